The summed E-state index contributed by atoms with van der Waals surface area (Å²) in [6.45, 7) is 4.71. The van der Waals surface area contributed by atoms with Crippen LogP contribution in [0.5, 0.6) is 0 Å². The van der Waals surface area contributed by atoms with Crippen molar-refractivity contribution >= 4 is 11.9 Å². The molecule has 5 nitrogen and oxygen atoms in total. The molecular formula is C17H25NO4. The summed E-state index contributed by atoms with van der Waals surface area (Å²) in [5.74, 6) is 0.382. The first-order chi connectivity index (χ1) is 10.6. The number of furan rings is 1. The maximum atomic E-state index is 12.7. The summed E-state index contributed by atoms with van der Waals surface area (Å²) in [6, 6.07) is 3.55. The summed E-state index contributed by atoms with van der Waals surface area (Å²) in [6.07, 6.45) is 6.15. The first kappa shape index (κ1) is 16.6. The maximum absolute atomic E-state index is 12.7. The zero-order valence-electron chi connectivity index (χ0n) is 13.4. The number of carbonyl (C=O) groups excluding carboxylic acids is 2. The van der Waals surface area contributed by atoms with Gasteiger partial charge in [-0.2, -0.15) is 0 Å². The monoisotopic (exact) mass is 307 g/mol. The summed E-state index contributed by atoms with van der Waals surface area (Å²) in [5, 5.41) is 0. The minimum atomic E-state index is -0.261. The second-order valence-corrected chi connectivity index (χ2v) is 5.86. The van der Waals surface area contributed by atoms with Crippen molar-refractivity contribution in [1.82, 2.24) is 4.90 Å². The minimum Gasteiger partial charge on any atom is -0.466 e. The third-order valence-electron chi connectivity index (χ3n) is 4.32. The highest BCUT2D eigenvalue weighted by Gasteiger charge is 2.32. The molecule has 0 aromatic carbocycles. The van der Waals surface area contributed by atoms with E-state index in [0.29, 0.717) is 24.8 Å². The molecule has 22 heavy (non-hydrogen) atoms. The zero-order valence-corrected chi connectivity index (χ0v) is 13.4. The number of rotatable bonds is 6. The van der Waals surface area contributed by atoms with Crippen LogP contribution in [0.1, 0.15) is 56.5 Å². The second-order valence-electron chi connectivity index (χ2n) is 5.86. The van der Waals surface area contributed by atoms with E-state index in [1.165, 1.54) is 12.7 Å². The molecule has 2 unspecified atom stereocenters. The van der Waals surface area contributed by atoms with Gasteiger partial charge >= 0.3 is 5.97 Å². The molecule has 2 atom stereocenters. The Morgan fingerprint density at radius 1 is 1.36 bits per heavy atom. The van der Waals surface area contributed by atoms with Crippen LogP contribution in [0.2, 0.25) is 0 Å². The van der Waals surface area contributed by atoms with E-state index >= 15 is 0 Å². The van der Waals surface area contributed by atoms with Gasteiger partial charge in [0, 0.05) is 12.6 Å². The molecule has 122 valence electrons. The molecule has 1 aliphatic rings. The number of esters is 1. The van der Waals surface area contributed by atoms with Crippen LogP contribution >= 0.6 is 0 Å². The smallest absolute Gasteiger partial charge is 0.307 e. The molecule has 1 heterocycles. The summed E-state index contributed by atoms with van der Waals surface area (Å²) < 4.78 is 10.2. The van der Waals surface area contributed by atoms with Gasteiger partial charge in [0.1, 0.15) is 0 Å². The van der Waals surface area contributed by atoms with E-state index in [9.17, 15) is 9.59 Å². The van der Waals surface area contributed by atoms with Crippen LogP contribution in [-0.4, -0.2) is 36.0 Å². The molecule has 0 saturated heterocycles. The third-order valence-corrected chi connectivity index (χ3v) is 4.32. The van der Waals surface area contributed by atoms with Crippen LogP contribution in [0, 0.1) is 5.92 Å². The van der Waals surface area contributed by atoms with Crippen LogP contribution in [-0.2, 0) is 9.53 Å². The predicted molar refractivity (Wildman–Crippen MR) is 82.4 cm³/mol. The Kier molecular flexibility index (Phi) is 6.04. The van der Waals surface area contributed by atoms with Crippen molar-refractivity contribution in [3.8, 4) is 0 Å². The average Bonchev–Trinajstić information content (AvgIpc) is 3.03. The lowest BCUT2D eigenvalue weighted by molar-refractivity contribution is -0.143. The molecular weight excluding hydrogens is 282 g/mol. The van der Waals surface area contributed by atoms with Gasteiger partial charge < -0.3 is 14.1 Å². The van der Waals surface area contributed by atoms with Gasteiger partial charge in [0.25, 0.3) is 5.91 Å². The minimum absolute atomic E-state index is 0.131. The highest BCUT2D eigenvalue weighted by atomic mass is 16.5. The number of ether oxygens (including phenoxy) is 1. The van der Waals surface area contributed by atoms with Crippen LogP contribution in [0.4, 0.5) is 0 Å². The fourth-order valence-corrected chi connectivity index (χ4v) is 3.16. The molecule has 1 amide bonds. The van der Waals surface area contributed by atoms with E-state index in [1.54, 1.807) is 24.0 Å². The normalized spacial score (nSPS) is 21.4. The molecule has 1 saturated carbocycles. The van der Waals surface area contributed by atoms with Gasteiger partial charge in [-0.05, 0) is 37.8 Å². The van der Waals surface area contributed by atoms with E-state index < -0.39 is 0 Å². The summed E-state index contributed by atoms with van der Waals surface area (Å²) in [4.78, 5) is 26.1. The van der Waals surface area contributed by atoms with E-state index in [0.717, 1.165) is 19.3 Å². The van der Waals surface area contributed by atoms with Crippen molar-refractivity contribution in [1.29, 1.82) is 0 Å². The van der Waals surface area contributed by atoms with Crippen molar-refractivity contribution in [2.45, 2.75) is 52.0 Å². The zero-order chi connectivity index (χ0) is 15.9. The Morgan fingerprint density at radius 3 is 2.77 bits per heavy atom. The summed E-state index contributed by atoms with van der Waals surface area (Å²) in [7, 11) is 0. The number of hydrogen-bond donors (Lipinski definition) is 0. The Balaban J connectivity index is 2.09. The lowest BCUT2D eigenvalue weighted by Crippen LogP contribution is -2.46. The van der Waals surface area contributed by atoms with Crippen molar-refractivity contribution in [3.05, 3.63) is 24.2 Å². The standard InChI is InChI=1S/C17H25NO4/c1-3-21-16(19)10-11-18(14-8-5-4-7-13(14)2)17(20)15-9-6-12-22-15/h6,9,12-14H,3-5,7-8,10-11H2,1-2H3. The van der Waals surface area contributed by atoms with Crippen molar-refractivity contribution in [3.63, 3.8) is 0 Å². The third kappa shape index (κ3) is 4.12. The number of amides is 1. The quantitative estimate of drug-likeness (QED) is 0.757. The Bertz CT molecular complexity index is 483. The number of carbonyl (C=O) groups is 2. The molecule has 0 aliphatic heterocycles. The van der Waals surface area contributed by atoms with E-state index in [2.05, 4.69) is 6.92 Å². The Morgan fingerprint density at radius 2 is 2.14 bits per heavy atom. The van der Waals surface area contributed by atoms with Crippen molar-refractivity contribution < 1.29 is 18.7 Å². The average molecular weight is 307 g/mol. The summed E-state index contributed by atoms with van der Waals surface area (Å²) >= 11 is 0. The van der Waals surface area contributed by atoms with Gasteiger partial charge in [0.15, 0.2) is 5.76 Å². The number of hydrogen-bond acceptors (Lipinski definition) is 4. The first-order valence-corrected chi connectivity index (χ1v) is 8.13. The molecule has 2 rings (SSSR count). The number of nitrogens with zero attached hydrogens (tertiary/aromatic N) is 1. The largest absolute Gasteiger partial charge is 0.466 e. The van der Waals surface area contributed by atoms with Crippen LogP contribution in [0.25, 0.3) is 0 Å². The highest BCUT2D eigenvalue weighted by molar-refractivity contribution is 5.92. The lowest BCUT2D eigenvalue weighted by Gasteiger charge is -2.38. The SMILES string of the molecule is CCOC(=O)CCN(C(=O)c1ccco1)C1CCCCC1C. The second kappa shape index (κ2) is 8.01. The molecule has 5 heteroatoms. The molecule has 1 aliphatic carbocycles. The first-order valence-electron chi connectivity index (χ1n) is 8.13. The molecule has 0 spiro atoms. The Labute approximate surface area is 131 Å². The summed E-state index contributed by atoms with van der Waals surface area (Å²) in [5.41, 5.74) is 0. The highest BCUT2D eigenvalue weighted by Crippen LogP contribution is 2.29. The lowest BCUT2D eigenvalue weighted by atomic mass is 9.84. The van der Waals surface area contributed by atoms with Crippen LogP contribution < -0.4 is 0 Å². The molecule has 1 fully saturated rings. The van der Waals surface area contributed by atoms with E-state index in [-0.39, 0.29) is 24.3 Å². The van der Waals surface area contributed by atoms with Gasteiger partial charge in [0.2, 0.25) is 0 Å². The van der Waals surface area contributed by atoms with E-state index in [4.69, 9.17) is 9.15 Å². The van der Waals surface area contributed by atoms with Crippen molar-refractivity contribution in [2.24, 2.45) is 5.92 Å². The molecule has 1 aromatic rings. The van der Waals surface area contributed by atoms with E-state index in [1.807, 2.05) is 0 Å². The van der Waals surface area contributed by atoms with Crippen LogP contribution in [0.3, 0.4) is 0 Å². The van der Waals surface area contributed by atoms with Gasteiger partial charge in [-0.25, -0.2) is 0 Å². The maximum Gasteiger partial charge on any atom is 0.307 e. The molecule has 0 radical (unpaired) electrons. The fraction of sp³-hybridized carbons (Fsp3) is 0.647. The van der Waals surface area contributed by atoms with Gasteiger partial charge in [-0.1, -0.05) is 19.8 Å². The van der Waals surface area contributed by atoms with Gasteiger partial charge in [0.05, 0.1) is 19.3 Å². The van der Waals surface area contributed by atoms with Crippen LogP contribution in [0.15, 0.2) is 22.8 Å². The van der Waals surface area contributed by atoms with Gasteiger partial charge in [-0.15, -0.1) is 0 Å². The Hall–Kier alpha value is -1.78. The van der Waals surface area contributed by atoms with Crippen molar-refractivity contribution in [2.75, 3.05) is 13.2 Å². The molecule has 1 aromatic heterocycles. The molecule has 0 N–H and O–H groups in total. The van der Waals surface area contributed by atoms with Gasteiger partial charge in [-0.3, -0.25) is 9.59 Å². The fourth-order valence-electron chi connectivity index (χ4n) is 3.16. The predicted octanol–water partition coefficient (Wildman–Crippen LogP) is 3.25. The molecule has 0 bridgehead atoms. The topological polar surface area (TPSA) is 59.8 Å².